The van der Waals surface area contributed by atoms with Gasteiger partial charge >= 0.3 is 6.03 Å². The minimum absolute atomic E-state index is 0.0513. The van der Waals surface area contributed by atoms with Crippen LogP contribution < -0.4 is 19.9 Å². The fourth-order valence-corrected chi connectivity index (χ4v) is 5.36. The summed E-state index contributed by atoms with van der Waals surface area (Å²) in [5.41, 5.74) is 2.67. The van der Waals surface area contributed by atoms with E-state index >= 15 is 0 Å². The Kier molecular flexibility index (Phi) is 5.48. The summed E-state index contributed by atoms with van der Waals surface area (Å²) in [5.74, 6) is 0.232. The maximum absolute atomic E-state index is 14.9. The van der Waals surface area contributed by atoms with Gasteiger partial charge in [-0.15, -0.1) is 4.36 Å². The molecule has 2 atom stereocenters. The van der Waals surface area contributed by atoms with Crippen LogP contribution in [0.15, 0.2) is 39.9 Å². The summed E-state index contributed by atoms with van der Waals surface area (Å²) in [6, 6.07) is 3.78. The van der Waals surface area contributed by atoms with Crippen LogP contribution in [-0.2, 0) is 29.3 Å². The van der Waals surface area contributed by atoms with Gasteiger partial charge in [0.05, 0.1) is 25.5 Å². The highest BCUT2D eigenvalue weighted by atomic mass is 32.2. The Labute approximate surface area is 195 Å². The van der Waals surface area contributed by atoms with Crippen molar-refractivity contribution in [2.24, 2.45) is 9.50 Å². The number of hydrogen-bond donors (Lipinski definition) is 2. The Morgan fingerprint density at radius 3 is 2.97 bits per heavy atom. The average Bonchev–Trinajstić information content (AvgIpc) is 3.51. The third-order valence-corrected chi connectivity index (χ3v) is 7.22. The van der Waals surface area contributed by atoms with Crippen molar-refractivity contribution in [1.29, 1.82) is 0 Å². The zero-order valence-electron chi connectivity index (χ0n) is 18.6. The molecule has 12 heteroatoms. The van der Waals surface area contributed by atoms with Gasteiger partial charge in [0, 0.05) is 17.8 Å². The van der Waals surface area contributed by atoms with Crippen LogP contribution in [0.5, 0.6) is 11.8 Å². The van der Waals surface area contributed by atoms with E-state index in [1.54, 1.807) is 12.1 Å². The first-order valence-electron chi connectivity index (χ1n) is 10.7. The number of pyridine rings is 1. The molecule has 3 heterocycles. The number of fused-ring (bicyclic) bond motifs is 2. The van der Waals surface area contributed by atoms with Gasteiger partial charge in [0.25, 0.3) is 0 Å². The van der Waals surface area contributed by atoms with Crippen LogP contribution in [0.25, 0.3) is 11.1 Å². The summed E-state index contributed by atoms with van der Waals surface area (Å²) in [6.07, 6.45) is 4.56. The van der Waals surface area contributed by atoms with Crippen molar-refractivity contribution in [3.63, 3.8) is 0 Å². The molecule has 10 nitrogen and oxygen atoms in total. The Balaban J connectivity index is 1.55. The van der Waals surface area contributed by atoms with E-state index in [0.29, 0.717) is 53.2 Å². The van der Waals surface area contributed by atoms with Crippen molar-refractivity contribution in [2.75, 3.05) is 12.4 Å². The smallest absolute Gasteiger partial charge is 0.354 e. The van der Waals surface area contributed by atoms with Crippen LogP contribution in [0.1, 0.15) is 24.5 Å². The average molecular weight is 487 g/mol. The molecule has 0 bridgehead atoms. The number of nitrogens with zero attached hydrogens (tertiary/aromatic N) is 4. The molecule has 5 rings (SSSR count). The molecule has 0 spiro atoms. The van der Waals surface area contributed by atoms with E-state index in [1.165, 1.54) is 30.3 Å². The number of nitrogens with two attached hydrogens (primary N) is 1. The predicted octanol–water partition coefficient (Wildman–Crippen LogP) is 3.30. The summed E-state index contributed by atoms with van der Waals surface area (Å²) >= 11 is 0. The van der Waals surface area contributed by atoms with E-state index in [2.05, 4.69) is 19.8 Å². The minimum Gasteiger partial charge on any atom is -0.481 e. The highest BCUT2D eigenvalue weighted by Gasteiger charge is 2.29. The molecule has 0 radical (unpaired) electrons. The van der Waals surface area contributed by atoms with Gasteiger partial charge in [-0.3, -0.25) is 0 Å². The summed E-state index contributed by atoms with van der Waals surface area (Å²) in [4.78, 5) is 17.1. The molecule has 2 aromatic heterocycles. The number of hydrogen-bond acceptors (Lipinski definition) is 6. The quantitative estimate of drug-likeness (QED) is 0.581. The van der Waals surface area contributed by atoms with Crippen molar-refractivity contribution in [3.05, 3.63) is 47.5 Å². The molecule has 0 unspecified atom stereocenters. The van der Waals surface area contributed by atoms with Gasteiger partial charge < -0.3 is 14.8 Å². The normalized spacial score (nSPS) is 17.9. The second kappa shape index (κ2) is 8.37. The predicted molar refractivity (Wildman–Crippen MR) is 123 cm³/mol. The van der Waals surface area contributed by atoms with Crippen LogP contribution in [0, 0.1) is 5.82 Å². The summed E-state index contributed by atoms with van der Waals surface area (Å²) < 4.78 is 44.2. The number of carbonyl (C=O) groups excluding carboxylic acids is 1. The summed E-state index contributed by atoms with van der Waals surface area (Å²) in [5, 5.41) is 12.8. The lowest BCUT2D eigenvalue weighted by atomic mass is 9.97. The second-order valence-electron chi connectivity index (χ2n) is 8.19. The molecule has 3 aromatic rings. The first-order valence-corrected chi connectivity index (χ1v) is 12.3. The van der Waals surface area contributed by atoms with Crippen LogP contribution in [-0.4, -0.2) is 38.2 Å². The van der Waals surface area contributed by atoms with Crippen molar-refractivity contribution in [3.8, 4) is 22.9 Å². The molecule has 3 N–H and O–H groups in total. The maximum Gasteiger partial charge on any atom is 0.354 e. The van der Waals surface area contributed by atoms with Gasteiger partial charge in [-0.05, 0) is 55.0 Å². The van der Waals surface area contributed by atoms with Gasteiger partial charge in [0.1, 0.15) is 16.8 Å². The summed E-state index contributed by atoms with van der Waals surface area (Å²) in [7, 11) is -2.17. The zero-order valence-corrected chi connectivity index (χ0v) is 19.4. The molecule has 0 fully saturated rings. The van der Waals surface area contributed by atoms with Gasteiger partial charge in [-0.25, -0.2) is 28.2 Å². The Hall–Kier alpha value is -3.51. The third kappa shape index (κ3) is 3.88. The third-order valence-electron chi connectivity index (χ3n) is 5.87. The molecule has 0 saturated heterocycles. The standard InChI is InChI=1S/C22H23FN6O4S/c1-12-11-29-21(33-12)18(10-26-29)34(24,31)28-22(30)27-20-15-5-3-4-14(15)17(23)9-16(20)13-6-7-25-19(8-13)32-2/h6-10,12H,3-5,11H2,1-2H3,(H3,24,27,28,30,31)/t12-,34-/m0/s1. The van der Waals surface area contributed by atoms with E-state index in [4.69, 9.17) is 14.6 Å². The van der Waals surface area contributed by atoms with Crippen LogP contribution in [0.3, 0.4) is 0 Å². The van der Waals surface area contributed by atoms with Crippen molar-refractivity contribution < 1.29 is 22.9 Å². The minimum atomic E-state index is -3.64. The molecular formula is C22H23FN6O4S. The first kappa shape index (κ1) is 22.3. The number of ether oxygens (including phenoxy) is 2. The number of rotatable bonds is 4. The lowest BCUT2D eigenvalue weighted by molar-refractivity contribution is 0.248. The topological polar surface area (TPSA) is 134 Å². The van der Waals surface area contributed by atoms with Gasteiger partial charge in [0.2, 0.25) is 11.8 Å². The van der Waals surface area contributed by atoms with Crippen molar-refractivity contribution >= 4 is 21.6 Å². The monoisotopic (exact) mass is 486 g/mol. The Bertz CT molecular complexity index is 1430. The first-order chi connectivity index (χ1) is 16.3. The number of anilines is 1. The van der Waals surface area contributed by atoms with Gasteiger partial charge in [-0.1, -0.05) is 0 Å². The molecular weight excluding hydrogens is 463 g/mol. The molecule has 178 valence electrons. The maximum atomic E-state index is 14.9. The summed E-state index contributed by atoms with van der Waals surface area (Å²) in [6.45, 7) is 2.32. The van der Waals surface area contributed by atoms with E-state index in [0.717, 1.165) is 6.42 Å². The SMILES string of the molecule is COc1cc(-c2cc(F)c3c(c2NC(=O)N=[S@](N)(=O)c2cnn4c2O[C@@H](C)C4)CCC3)ccn1. The lowest BCUT2D eigenvalue weighted by Crippen LogP contribution is -2.19. The number of aromatic nitrogens is 3. The number of urea groups is 1. The van der Waals surface area contributed by atoms with Crippen molar-refractivity contribution in [2.45, 2.75) is 43.7 Å². The van der Waals surface area contributed by atoms with Gasteiger partial charge in [-0.2, -0.15) is 5.10 Å². The fourth-order valence-electron chi connectivity index (χ4n) is 4.37. The number of halogens is 1. The highest BCUT2D eigenvalue weighted by Crippen LogP contribution is 2.40. The number of nitrogens with one attached hydrogen (secondary N) is 1. The fraction of sp³-hybridized carbons (Fsp3) is 0.318. The number of benzene rings is 1. The van der Waals surface area contributed by atoms with Crippen LogP contribution in [0.4, 0.5) is 14.9 Å². The highest BCUT2D eigenvalue weighted by molar-refractivity contribution is 7.91. The molecule has 2 amide bonds. The molecule has 0 saturated carbocycles. The lowest BCUT2D eigenvalue weighted by Gasteiger charge is -2.16. The molecule has 2 aliphatic rings. The second-order valence-corrected chi connectivity index (χ2v) is 9.95. The van der Waals surface area contributed by atoms with Crippen LogP contribution in [0.2, 0.25) is 0 Å². The van der Waals surface area contributed by atoms with E-state index < -0.39 is 15.9 Å². The Morgan fingerprint density at radius 1 is 1.38 bits per heavy atom. The van der Waals surface area contributed by atoms with Crippen molar-refractivity contribution in [1.82, 2.24) is 14.8 Å². The van der Waals surface area contributed by atoms with Gasteiger partial charge in [0.15, 0.2) is 9.92 Å². The van der Waals surface area contributed by atoms with E-state index in [-0.39, 0.29) is 22.7 Å². The number of carbonyl (C=O) groups is 1. The van der Waals surface area contributed by atoms with E-state index in [1.807, 2.05) is 6.92 Å². The zero-order chi connectivity index (χ0) is 24.0. The number of methoxy groups -OCH3 is 1. The Morgan fingerprint density at radius 2 is 2.18 bits per heavy atom. The molecule has 1 aliphatic carbocycles. The van der Waals surface area contributed by atoms with Crippen LogP contribution >= 0.6 is 0 Å². The molecule has 34 heavy (non-hydrogen) atoms. The number of amides is 2. The largest absolute Gasteiger partial charge is 0.481 e. The molecule has 1 aromatic carbocycles. The van der Waals surface area contributed by atoms with E-state index in [9.17, 15) is 13.4 Å². The molecule has 1 aliphatic heterocycles.